The van der Waals surface area contributed by atoms with E-state index in [-0.39, 0.29) is 11.7 Å². The Morgan fingerprint density at radius 2 is 1.94 bits per heavy atom. The first-order valence-corrected chi connectivity index (χ1v) is 10.6. The molecule has 1 amide bonds. The van der Waals surface area contributed by atoms with Crippen molar-refractivity contribution in [3.63, 3.8) is 0 Å². The molecule has 0 radical (unpaired) electrons. The van der Waals surface area contributed by atoms with Crippen LogP contribution in [0.2, 0.25) is 0 Å². The van der Waals surface area contributed by atoms with Gasteiger partial charge in [-0.3, -0.25) is 9.59 Å². The number of Topliss-reactive ketones (excluding diaryl/α,β-unsaturated/α-hetero) is 1. The molecular formula is C25H27NO5. The lowest BCUT2D eigenvalue weighted by molar-refractivity contribution is -0.129. The van der Waals surface area contributed by atoms with Gasteiger partial charge in [-0.1, -0.05) is 18.2 Å². The van der Waals surface area contributed by atoms with Crippen LogP contribution in [0.5, 0.6) is 17.2 Å². The predicted octanol–water partition coefficient (Wildman–Crippen LogP) is 4.13. The van der Waals surface area contributed by atoms with Crippen LogP contribution >= 0.6 is 0 Å². The second kappa shape index (κ2) is 8.84. The van der Waals surface area contributed by atoms with Gasteiger partial charge in [0, 0.05) is 32.0 Å². The zero-order chi connectivity index (χ0) is 21.8. The molecule has 0 N–H and O–H groups in total. The van der Waals surface area contributed by atoms with E-state index in [1.165, 1.54) is 0 Å². The van der Waals surface area contributed by atoms with Crippen LogP contribution in [-0.4, -0.2) is 49.0 Å². The van der Waals surface area contributed by atoms with Gasteiger partial charge >= 0.3 is 0 Å². The third-order valence-electron chi connectivity index (χ3n) is 5.89. The number of fused-ring (bicyclic) bond motifs is 1. The van der Waals surface area contributed by atoms with Gasteiger partial charge in [-0.2, -0.15) is 0 Å². The maximum Gasteiger partial charge on any atom is 0.246 e. The summed E-state index contributed by atoms with van der Waals surface area (Å²) >= 11 is 0. The number of methoxy groups -OCH3 is 1. The van der Waals surface area contributed by atoms with Crippen molar-refractivity contribution in [2.24, 2.45) is 0 Å². The third-order valence-corrected chi connectivity index (χ3v) is 5.89. The van der Waals surface area contributed by atoms with Crippen molar-refractivity contribution < 1.29 is 23.8 Å². The standard InChI is InChI=1S/C25H27NO5/c1-3-30-22-10-8-18(16-23(22)29-2)9-11-24(28)26-14-12-25(13-15-26)17-20(27)19-6-4-5-7-21(19)31-25/h4-11,16H,3,12-15,17H2,1-2H3/b11-9+. The number of amides is 1. The molecule has 0 aromatic heterocycles. The number of hydrogen-bond acceptors (Lipinski definition) is 5. The van der Waals surface area contributed by atoms with Gasteiger partial charge in [0.15, 0.2) is 17.3 Å². The first kappa shape index (κ1) is 21.0. The number of ether oxygens (including phenoxy) is 3. The van der Waals surface area contributed by atoms with Crippen molar-refractivity contribution in [1.82, 2.24) is 4.90 Å². The van der Waals surface area contributed by atoms with Crippen molar-refractivity contribution in [3.8, 4) is 17.2 Å². The number of rotatable bonds is 5. The number of benzene rings is 2. The summed E-state index contributed by atoms with van der Waals surface area (Å²) in [6.07, 6.45) is 5.01. The van der Waals surface area contributed by atoms with E-state index in [4.69, 9.17) is 14.2 Å². The molecule has 0 bridgehead atoms. The lowest BCUT2D eigenvalue weighted by atomic mass is 9.82. The van der Waals surface area contributed by atoms with Gasteiger partial charge in [0.1, 0.15) is 11.4 Å². The van der Waals surface area contributed by atoms with Crippen LogP contribution in [0.25, 0.3) is 6.08 Å². The van der Waals surface area contributed by atoms with E-state index < -0.39 is 5.60 Å². The van der Waals surface area contributed by atoms with Crippen molar-refractivity contribution in [3.05, 3.63) is 59.7 Å². The van der Waals surface area contributed by atoms with Crippen LogP contribution in [0.1, 0.15) is 42.1 Å². The summed E-state index contributed by atoms with van der Waals surface area (Å²) in [4.78, 5) is 27.1. The van der Waals surface area contributed by atoms with Gasteiger partial charge in [0.05, 0.1) is 25.7 Å². The van der Waals surface area contributed by atoms with Crippen LogP contribution in [0.4, 0.5) is 0 Å². The maximum atomic E-state index is 12.7. The molecule has 2 aliphatic rings. The Kier molecular flexibility index (Phi) is 5.98. The molecule has 1 saturated heterocycles. The van der Waals surface area contributed by atoms with E-state index in [2.05, 4.69) is 0 Å². The van der Waals surface area contributed by atoms with E-state index in [0.717, 1.165) is 5.56 Å². The average molecular weight is 421 g/mol. The van der Waals surface area contributed by atoms with E-state index in [1.807, 2.05) is 54.3 Å². The van der Waals surface area contributed by atoms with E-state index >= 15 is 0 Å². The summed E-state index contributed by atoms with van der Waals surface area (Å²) in [5.41, 5.74) is 1.01. The minimum atomic E-state index is -0.506. The topological polar surface area (TPSA) is 65.1 Å². The van der Waals surface area contributed by atoms with Gasteiger partial charge < -0.3 is 19.1 Å². The van der Waals surface area contributed by atoms with E-state index in [0.29, 0.717) is 61.8 Å². The molecule has 2 aliphatic heterocycles. The number of carbonyl (C=O) groups is 2. The van der Waals surface area contributed by atoms with Crippen molar-refractivity contribution in [2.45, 2.75) is 31.8 Å². The summed E-state index contributed by atoms with van der Waals surface area (Å²) in [6, 6.07) is 13.0. The molecular weight excluding hydrogens is 394 g/mol. The van der Waals surface area contributed by atoms with Crippen LogP contribution < -0.4 is 14.2 Å². The Balaban J connectivity index is 1.38. The fraction of sp³-hybridized carbons (Fsp3) is 0.360. The number of likely N-dealkylation sites (tertiary alicyclic amines) is 1. The molecule has 1 fully saturated rings. The summed E-state index contributed by atoms with van der Waals surface area (Å²) in [6.45, 7) is 3.60. The number of nitrogens with zero attached hydrogens (tertiary/aromatic N) is 1. The van der Waals surface area contributed by atoms with Gasteiger partial charge in [-0.15, -0.1) is 0 Å². The Morgan fingerprint density at radius 1 is 1.16 bits per heavy atom. The zero-order valence-corrected chi connectivity index (χ0v) is 17.9. The maximum absolute atomic E-state index is 12.7. The number of para-hydroxylation sites is 1. The Labute approximate surface area is 182 Å². The van der Waals surface area contributed by atoms with Crippen molar-refractivity contribution in [1.29, 1.82) is 0 Å². The number of carbonyl (C=O) groups excluding carboxylic acids is 2. The average Bonchev–Trinajstić information content (AvgIpc) is 2.79. The highest BCUT2D eigenvalue weighted by atomic mass is 16.5. The summed E-state index contributed by atoms with van der Waals surface area (Å²) < 4.78 is 17.1. The summed E-state index contributed by atoms with van der Waals surface area (Å²) in [5, 5.41) is 0. The monoisotopic (exact) mass is 421 g/mol. The fourth-order valence-corrected chi connectivity index (χ4v) is 4.19. The highest BCUT2D eigenvalue weighted by Crippen LogP contribution is 2.39. The Hall–Kier alpha value is -3.28. The molecule has 1 spiro atoms. The van der Waals surface area contributed by atoms with Crippen LogP contribution in [0.15, 0.2) is 48.5 Å². The van der Waals surface area contributed by atoms with Crippen molar-refractivity contribution >= 4 is 17.8 Å². The minimum Gasteiger partial charge on any atom is -0.493 e. The SMILES string of the molecule is CCOc1ccc(/C=C/C(=O)N2CCC3(CC2)CC(=O)c2ccccc2O3)cc1OC. The molecule has 0 atom stereocenters. The molecule has 0 saturated carbocycles. The number of ketones is 1. The predicted molar refractivity (Wildman–Crippen MR) is 118 cm³/mol. The van der Waals surface area contributed by atoms with Gasteiger partial charge in [-0.25, -0.2) is 0 Å². The first-order valence-electron chi connectivity index (χ1n) is 10.6. The molecule has 2 heterocycles. The molecule has 31 heavy (non-hydrogen) atoms. The molecule has 0 aliphatic carbocycles. The number of piperidine rings is 1. The molecule has 2 aromatic rings. The lowest BCUT2D eigenvalue weighted by Gasteiger charge is -2.43. The Bertz CT molecular complexity index is 1000. The van der Waals surface area contributed by atoms with Gasteiger partial charge in [0.2, 0.25) is 5.91 Å². The third kappa shape index (κ3) is 4.43. The smallest absolute Gasteiger partial charge is 0.246 e. The molecule has 2 aromatic carbocycles. The zero-order valence-electron chi connectivity index (χ0n) is 17.9. The van der Waals surface area contributed by atoms with Crippen LogP contribution in [-0.2, 0) is 4.79 Å². The van der Waals surface area contributed by atoms with E-state index in [1.54, 1.807) is 19.3 Å². The van der Waals surface area contributed by atoms with Crippen LogP contribution in [0.3, 0.4) is 0 Å². The summed E-state index contributed by atoms with van der Waals surface area (Å²) in [7, 11) is 1.59. The van der Waals surface area contributed by atoms with Gasteiger partial charge in [-0.05, 0) is 42.8 Å². The first-order chi connectivity index (χ1) is 15.0. The second-order valence-corrected chi connectivity index (χ2v) is 7.88. The minimum absolute atomic E-state index is 0.0507. The molecule has 6 nitrogen and oxygen atoms in total. The summed E-state index contributed by atoms with van der Waals surface area (Å²) in [5.74, 6) is 2.04. The largest absolute Gasteiger partial charge is 0.493 e. The van der Waals surface area contributed by atoms with Crippen molar-refractivity contribution in [2.75, 3.05) is 26.8 Å². The normalized spacial score (nSPS) is 17.4. The molecule has 0 unspecified atom stereocenters. The fourth-order valence-electron chi connectivity index (χ4n) is 4.19. The second-order valence-electron chi connectivity index (χ2n) is 7.88. The quantitative estimate of drug-likeness (QED) is 0.679. The molecule has 4 rings (SSSR count). The van der Waals surface area contributed by atoms with E-state index in [9.17, 15) is 9.59 Å². The van der Waals surface area contributed by atoms with Gasteiger partial charge in [0.25, 0.3) is 0 Å². The number of hydrogen-bond donors (Lipinski definition) is 0. The van der Waals surface area contributed by atoms with Crippen LogP contribution in [0, 0.1) is 0 Å². The highest BCUT2D eigenvalue weighted by molar-refractivity contribution is 6.00. The lowest BCUT2D eigenvalue weighted by Crippen LogP contribution is -2.52. The molecule has 162 valence electrons. The molecule has 6 heteroatoms. The Morgan fingerprint density at radius 3 is 2.68 bits per heavy atom. The highest BCUT2D eigenvalue weighted by Gasteiger charge is 2.43.